The van der Waals surface area contributed by atoms with Gasteiger partial charge in [0, 0.05) is 18.0 Å². The van der Waals surface area contributed by atoms with E-state index in [0.29, 0.717) is 6.54 Å². The molecule has 1 heterocycles. The van der Waals surface area contributed by atoms with Gasteiger partial charge in [0.05, 0.1) is 0 Å². The van der Waals surface area contributed by atoms with Crippen molar-refractivity contribution in [2.75, 3.05) is 6.54 Å². The van der Waals surface area contributed by atoms with E-state index in [4.69, 9.17) is 5.73 Å². The quantitative estimate of drug-likeness (QED) is 0.813. The van der Waals surface area contributed by atoms with Crippen LogP contribution >= 0.6 is 11.5 Å². The number of rotatable bonds is 3. The molecule has 2 atom stereocenters. The molecule has 1 aliphatic rings. The fraction of sp³-hybridized carbons (Fsp3) is 0.800. The van der Waals surface area contributed by atoms with E-state index in [1.807, 2.05) is 0 Å². The molecule has 0 bridgehead atoms. The number of hydrogen-bond acceptors (Lipinski definition) is 4. The van der Waals surface area contributed by atoms with Crippen LogP contribution in [0.2, 0.25) is 0 Å². The molecule has 1 fully saturated rings. The maximum Gasteiger partial charge on any atom is 0.323 e. The maximum absolute atomic E-state index is 11.0. The normalized spacial score (nSPS) is 30.9. The first-order valence-corrected chi connectivity index (χ1v) is 6.16. The van der Waals surface area contributed by atoms with Crippen LogP contribution in [0.15, 0.2) is 4.79 Å². The zero-order valence-corrected chi connectivity index (χ0v) is 9.77. The fourth-order valence-corrected chi connectivity index (χ4v) is 3.07. The minimum absolute atomic E-state index is 0.0665. The minimum atomic E-state index is -0.0665. The van der Waals surface area contributed by atoms with Crippen molar-refractivity contribution in [1.29, 1.82) is 0 Å². The van der Waals surface area contributed by atoms with Crippen LogP contribution in [-0.2, 0) is 6.42 Å². The molecule has 0 radical (unpaired) electrons. The summed E-state index contributed by atoms with van der Waals surface area (Å²) in [5.74, 6) is 1.56. The van der Waals surface area contributed by atoms with Crippen molar-refractivity contribution < 1.29 is 0 Å². The fourth-order valence-electron chi connectivity index (χ4n) is 2.61. The third-order valence-corrected chi connectivity index (χ3v) is 3.99. The van der Waals surface area contributed by atoms with Crippen molar-refractivity contribution in [3.05, 3.63) is 15.5 Å². The second kappa shape index (κ2) is 4.06. The Bertz CT molecular complexity index is 386. The summed E-state index contributed by atoms with van der Waals surface area (Å²) in [5, 5.41) is 0. The van der Waals surface area contributed by atoms with Crippen LogP contribution < -0.4 is 10.6 Å². The summed E-state index contributed by atoms with van der Waals surface area (Å²) >= 11 is 0.996. The highest BCUT2D eigenvalue weighted by Crippen LogP contribution is 2.42. The lowest BCUT2D eigenvalue weighted by Gasteiger charge is -2.26. The molecule has 1 saturated carbocycles. The minimum Gasteiger partial charge on any atom is -0.330 e. The van der Waals surface area contributed by atoms with Crippen LogP contribution in [0.5, 0.6) is 0 Å². The second-order valence-corrected chi connectivity index (χ2v) is 5.51. The van der Waals surface area contributed by atoms with Gasteiger partial charge in [-0.05, 0) is 30.7 Å². The number of aromatic nitrogens is 2. The monoisotopic (exact) mass is 227 g/mol. The SMILES string of the molecule is C[C@H]1CC[C@@](CN)(Cc2nsc(=O)[nH]2)C1. The summed E-state index contributed by atoms with van der Waals surface area (Å²) in [7, 11) is 0. The van der Waals surface area contributed by atoms with Gasteiger partial charge in [-0.2, -0.15) is 4.37 Å². The number of H-pyrrole nitrogens is 1. The second-order valence-electron chi connectivity index (χ2n) is 4.77. The van der Waals surface area contributed by atoms with E-state index < -0.39 is 0 Å². The molecule has 1 aliphatic carbocycles. The van der Waals surface area contributed by atoms with E-state index in [-0.39, 0.29) is 10.3 Å². The molecule has 0 spiro atoms. The molecular formula is C10H17N3OS. The summed E-state index contributed by atoms with van der Waals surface area (Å²) in [6.07, 6.45) is 4.38. The molecule has 0 unspecified atom stereocenters. The zero-order chi connectivity index (χ0) is 10.9. The Kier molecular flexibility index (Phi) is 2.93. The van der Waals surface area contributed by atoms with E-state index in [1.165, 1.54) is 6.42 Å². The lowest BCUT2D eigenvalue weighted by molar-refractivity contribution is 0.290. The van der Waals surface area contributed by atoms with Crippen LogP contribution in [0, 0.1) is 11.3 Å². The maximum atomic E-state index is 11.0. The number of nitrogens with zero attached hydrogens (tertiary/aromatic N) is 1. The smallest absolute Gasteiger partial charge is 0.323 e. The molecule has 0 aliphatic heterocycles. The first-order chi connectivity index (χ1) is 7.13. The molecular weight excluding hydrogens is 210 g/mol. The molecule has 15 heavy (non-hydrogen) atoms. The van der Waals surface area contributed by atoms with Gasteiger partial charge in [0.25, 0.3) is 0 Å². The molecule has 1 aromatic rings. The highest BCUT2D eigenvalue weighted by molar-refractivity contribution is 7.02. The van der Waals surface area contributed by atoms with E-state index in [0.717, 1.165) is 42.5 Å². The lowest BCUT2D eigenvalue weighted by atomic mass is 9.82. The third kappa shape index (κ3) is 2.29. The summed E-state index contributed by atoms with van der Waals surface area (Å²) in [6.45, 7) is 2.96. The van der Waals surface area contributed by atoms with Crippen LogP contribution in [-0.4, -0.2) is 15.9 Å². The molecule has 0 amide bonds. The summed E-state index contributed by atoms with van der Waals surface area (Å²) in [6, 6.07) is 0. The van der Waals surface area contributed by atoms with E-state index >= 15 is 0 Å². The zero-order valence-electron chi connectivity index (χ0n) is 8.95. The van der Waals surface area contributed by atoms with Crippen molar-refractivity contribution in [1.82, 2.24) is 9.36 Å². The van der Waals surface area contributed by atoms with Crippen molar-refractivity contribution in [2.24, 2.45) is 17.1 Å². The Morgan fingerprint density at radius 3 is 3.00 bits per heavy atom. The molecule has 4 nitrogen and oxygen atoms in total. The Balaban J connectivity index is 2.11. The van der Waals surface area contributed by atoms with E-state index in [2.05, 4.69) is 16.3 Å². The third-order valence-electron chi connectivity index (χ3n) is 3.41. The molecule has 0 saturated heterocycles. The Labute approximate surface area is 93.1 Å². The molecule has 84 valence electrons. The van der Waals surface area contributed by atoms with Gasteiger partial charge in [-0.1, -0.05) is 13.3 Å². The van der Waals surface area contributed by atoms with Crippen molar-refractivity contribution in [2.45, 2.75) is 32.6 Å². The van der Waals surface area contributed by atoms with E-state index in [1.54, 1.807) is 0 Å². The van der Waals surface area contributed by atoms with Gasteiger partial charge in [0.15, 0.2) is 0 Å². The highest BCUT2D eigenvalue weighted by Gasteiger charge is 2.37. The number of nitrogens with two attached hydrogens (primary N) is 1. The number of nitrogens with one attached hydrogen (secondary N) is 1. The van der Waals surface area contributed by atoms with Crippen LogP contribution in [0.3, 0.4) is 0 Å². The van der Waals surface area contributed by atoms with Gasteiger partial charge in [-0.3, -0.25) is 9.78 Å². The summed E-state index contributed by atoms with van der Waals surface area (Å²) < 4.78 is 4.12. The van der Waals surface area contributed by atoms with Gasteiger partial charge >= 0.3 is 4.87 Å². The highest BCUT2D eigenvalue weighted by atomic mass is 32.1. The average Bonchev–Trinajstić information content (AvgIpc) is 2.75. The lowest BCUT2D eigenvalue weighted by Crippen LogP contribution is -2.30. The number of hydrogen-bond donors (Lipinski definition) is 2. The summed E-state index contributed by atoms with van der Waals surface area (Å²) in [4.78, 5) is 13.7. The standard InChI is InChI=1S/C10H17N3OS/c1-7-2-3-10(4-7,6-11)5-8-12-9(14)15-13-8/h7H,2-6,11H2,1H3,(H,12,13,14)/t7-,10-/m0/s1. The van der Waals surface area contributed by atoms with Crippen molar-refractivity contribution in [3.8, 4) is 0 Å². The number of aromatic amines is 1. The van der Waals surface area contributed by atoms with Gasteiger partial charge in [0.1, 0.15) is 5.82 Å². The first-order valence-electron chi connectivity index (χ1n) is 5.38. The van der Waals surface area contributed by atoms with Gasteiger partial charge in [0.2, 0.25) is 0 Å². The van der Waals surface area contributed by atoms with Crippen molar-refractivity contribution >= 4 is 11.5 Å². The molecule has 0 aromatic carbocycles. The van der Waals surface area contributed by atoms with Gasteiger partial charge < -0.3 is 5.73 Å². The van der Waals surface area contributed by atoms with E-state index in [9.17, 15) is 4.79 Å². The Morgan fingerprint density at radius 1 is 1.73 bits per heavy atom. The summed E-state index contributed by atoms with van der Waals surface area (Å²) in [5.41, 5.74) is 6.05. The molecule has 3 N–H and O–H groups in total. The predicted molar refractivity (Wildman–Crippen MR) is 60.9 cm³/mol. The van der Waals surface area contributed by atoms with Crippen LogP contribution in [0.25, 0.3) is 0 Å². The molecule has 5 heteroatoms. The van der Waals surface area contributed by atoms with Gasteiger partial charge in [-0.15, -0.1) is 0 Å². The Hall–Kier alpha value is -0.680. The topological polar surface area (TPSA) is 71.8 Å². The van der Waals surface area contributed by atoms with Crippen LogP contribution in [0.4, 0.5) is 0 Å². The van der Waals surface area contributed by atoms with Crippen molar-refractivity contribution in [3.63, 3.8) is 0 Å². The van der Waals surface area contributed by atoms with Crippen LogP contribution in [0.1, 0.15) is 32.0 Å². The average molecular weight is 227 g/mol. The molecule has 2 rings (SSSR count). The molecule has 1 aromatic heterocycles. The largest absolute Gasteiger partial charge is 0.330 e. The van der Waals surface area contributed by atoms with Gasteiger partial charge in [-0.25, -0.2) is 0 Å². The first kappa shape index (κ1) is 10.8. The predicted octanol–water partition coefficient (Wildman–Crippen LogP) is 1.14. The Morgan fingerprint density at radius 2 is 2.53 bits per heavy atom.